The second-order valence-corrected chi connectivity index (χ2v) is 11.9. The third-order valence-electron chi connectivity index (χ3n) is 5.88. The first-order valence-electron chi connectivity index (χ1n) is 10.9. The Hall–Kier alpha value is -2.41. The molecule has 1 aromatic heterocycles. The first kappa shape index (κ1) is 23.7. The second-order valence-electron chi connectivity index (χ2n) is 8.13. The summed E-state index contributed by atoms with van der Waals surface area (Å²) < 4.78 is 62.4. The van der Waals surface area contributed by atoms with E-state index in [1.54, 1.807) is 24.3 Å². The number of amides is 1. The molecular formula is C21H28N4O6S2. The van der Waals surface area contributed by atoms with E-state index >= 15 is 0 Å². The molecule has 0 radical (unpaired) electrons. The van der Waals surface area contributed by atoms with Crippen LogP contribution >= 0.6 is 0 Å². The summed E-state index contributed by atoms with van der Waals surface area (Å²) >= 11 is 0. The number of anilines is 1. The minimum absolute atomic E-state index is 0.254. The summed E-state index contributed by atoms with van der Waals surface area (Å²) in [6.45, 7) is 1.15. The van der Waals surface area contributed by atoms with E-state index < -0.39 is 26.0 Å². The van der Waals surface area contributed by atoms with Crippen LogP contribution in [0.4, 0.5) is 5.69 Å². The van der Waals surface area contributed by atoms with Crippen molar-refractivity contribution in [2.24, 2.45) is 0 Å². The number of benzene rings is 1. The summed E-state index contributed by atoms with van der Waals surface area (Å²) in [5.74, 6) is 0.0395. The maximum atomic E-state index is 13.3. The van der Waals surface area contributed by atoms with Crippen LogP contribution in [0, 0.1) is 0 Å². The van der Waals surface area contributed by atoms with E-state index in [0.717, 1.165) is 25.7 Å². The zero-order valence-electron chi connectivity index (χ0n) is 18.4. The Kier molecular flexibility index (Phi) is 6.80. The van der Waals surface area contributed by atoms with E-state index in [1.807, 2.05) is 0 Å². The lowest BCUT2D eigenvalue weighted by atomic mass is 10.3. The highest BCUT2D eigenvalue weighted by molar-refractivity contribution is 7.92. The minimum Gasteiger partial charge on any atom is -0.495 e. The standard InChI is InChI=1S/C21H28N4O6S2/c1-31-18-9-3-2-8-17(18)22-21(26)16-23-14-19(32(27,28)24-10-4-5-11-24)20(15-23)33(29,30)25-12-6-7-13-25/h2-3,8-9,14-15H,4-7,10-13,16H2,1H3,(H,22,26). The summed E-state index contributed by atoms with van der Waals surface area (Å²) in [5, 5.41) is 2.72. The number of nitrogens with zero attached hydrogens (tertiary/aromatic N) is 3. The number of hydrogen-bond donors (Lipinski definition) is 1. The van der Waals surface area contributed by atoms with Gasteiger partial charge in [-0.2, -0.15) is 8.61 Å². The van der Waals surface area contributed by atoms with Gasteiger partial charge in [0.15, 0.2) is 0 Å². The largest absolute Gasteiger partial charge is 0.495 e. The molecule has 2 fully saturated rings. The zero-order chi connectivity index (χ0) is 23.6. The predicted molar refractivity (Wildman–Crippen MR) is 122 cm³/mol. The van der Waals surface area contributed by atoms with Crippen molar-refractivity contribution in [1.82, 2.24) is 13.2 Å². The molecule has 10 nitrogen and oxygen atoms in total. The number of carbonyl (C=O) groups excluding carboxylic acids is 1. The maximum absolute atomic E-state index is 13.3. The maximum Gasteiger partial charge on any atom is 0.245 e. The van der Waals surface area contributed by atoms with Crippen LogP contribution in [0.1, 0.15) is 25.7 Å². The lowest BCUT2D eigenvalue weighted by Crippen LogP contribution is -2.32. The Bertz CT molecular complexity index is 1160. The Morgan fingerprint density at radius 3 is 1.85 bits per heavy atom. The van der Waals surface area contributed by atoms with Gasteiger partial charge in [-0.3, -0.25) is 4.79 Å². The molecule has 2 saturated heterocycles. The van der Waals surface area contributed by atoms with Gasteiger partial charge >= 0.3 is 0 Å². The number of hydrogen-bond acceptors (Lipinski definition) is 6. The Labute approximate surface area is 194 Å². The van der Waals surface area contributed by atoms with Crippen LogP contribution in [0.25, 0.3) is 0 Å². The first-order valence-corrected chi connectivity index (χ1v) is 13.7. The van der Waals surface area contributed by atoms with Gasteiger partial charge in [0.1, 0.15) is 22.1 Å². The van der Waals surface area contributed by atoms with Gasteiger partial charge in [-0.05, 0) is 37.8 Å². The normalized spacial score (nSPS) is 18.0. The molecular weight excluding hydrogens is 468 g/mol. The van der Waals surface area contributed by atoms with Gasteiger partial charge in [0.25, 0.3) is 0 Å². The number of methoxy groups -OCH3 is 1. The molecule has 4 rings (SSSR count). The number of para-hydroxylation sites is 2. The lowest BCUT2D eigenvalue weighted by Gasteiger charge is -2.18. The van der Waals surface area contributed by atoms with Crippen molar-refractivity contribution in [3.63, 3.8) is 0 Å². The molecule has 12 heteroatoms. The molecule has 0 spiro atoms. The van der Waals surface area contributed by atoms with Gasteiger partial charge in [0, 0.05) is 38.6 Å². The fourth-order valence-corrected chi connectivity index (χ4v) is 8.00. The molecule has 3 heterocycles. The molecule has 0 saturated carbocycles. The monoisotopic (exact) mass is 496 g/mol. The number of aromatic nitrogens is 1. The average molecular weight is 497 g/mol. The molecule has 180 valence electrons. The van der Waals surface area contributed by atoms with E-state index in [9.17, 15) is 21.6 Å². The first-order chi connectivity index (χ1) is 15.7. The lowest BCUT2D eigenvalue weighted by molar-refractivity contribution is -0.116. The highest BCUT2D eigenvalue weighted by Crippen LogP contribution is 2.31. The van der Waals surface area contributed by atoms with E-state index in [-0.39, 0.29) is 16.3 Å². The Balaban J connectivity index is 1.66. The Morgan fingerprint density at radius 2 is 1.36 bits per heavy atom. The molecule has 2 aliphatic rings. The summed E-state index contributed by atoms with van der Waals surface area (Å²) in [5.41, 5.74) is 0.465. The van der Waals surface area contributed by atoms with Gasteiger partial charge < -0.3 is 14.6 Å². The highest BCUT2D eigenvalue weighted by atomic mass is 32.2. The molecule has 0 aliphatic carbocycles. The quantitative estimate of drug-likeness (QED) is 0.594. The molecule has 2 aromatic rings. The van der Waals surface area contributed by atoms with E-state index in [2.05, 4.69) is 5.32 Å². The average Bonchev–Trinajstić information content (AvgIpc) is 3.56. The van der Waals surface area contributed by atoms with Crippen molar-refractivity contribution in [2.75, 3.05) is 38.6 Å². The van der Waals surface area contributed by atoms with Crippen molar-refractivity contribution in [1.29, 1.82) is 0 Å². The van der Waals surface area contributed by atoms with Gasteiger partial charge in [-0.15, -0.1) is 0 Å². The van der Waals surface area contributed by atoms with Crippen LogP contribution in [-0.2, 0) is 31.4 Å². The number of nitrogens with one attached hydrogen (secondary N) is 1. The van der Waals surface area contributed by atoms with Crippen LogP contribution in [0.3, 0.4) is 0 Å². The fraction of sp³-hybridized carbons (Fsp3) is 0.476. The van der Waals surface area contributed by atoms with Crippen LogP contribution in [-0.4, -0.2) is 69.2 Å². The summed E-state index contributed by atoms with van der Waals surface area (Å²) in [6.07, 6.45) is 5.42. The molecule has 0 bridgehead atoms. The summed E-state index contributed by atoms with van der Waals surface area (Å²) in [6, 6.07) is 6.90. The van der Waals surface area contributed by atoms with Crippen molar-refractivity contribution >= 4 is 31.6 Å². The van der Waals surface area contributed by atoms with Crippen molar-refractivity contribution in [3.8, 4) is 5.75 Å². The smallest absolute Gasteiger partial charge is 0.245 e. The molecule has 1 N–H and O–H groups in total. The van der Waals surface area contributed by atoms with Crippen molar-refractivity contribution in [3.05, 3.63) is 36.7 Å². The molecule has 2 aliphatic heterocycles. The van der Waals surface area contributed by atoms with Gasteiger partial charge in [0.2, 0.25) is 26.0 Å². The zero-order valence-corrected chi connectivity index (χ0v) is 20.1. The summed E-state index contributed by atoms with van der Waals surface area (Å²) in [7, 11) is -6.54. The topological polar surface area (TPSA) is 118 Å². The van der Waals surface area contributed by atoms with Crippen LogP contribution < -0.4 is 10.1 Å². The van der Waals surface area contributed by atoms with Crippen LogP contribution in [0.15, 0.2) is 46.5 Å². The molecule has 0 atom stereocenters. The van der Waals surface area contributed by atoms with Gasteiger partial charge in [0.05, 0.1) is 12.8 Å². The Morgan fingerprint density at radius 1 is 0.879 bits per heavy atom. The minimum atomic E-state index is -4.01. The molecule has 1 aromatic carbocycles. The van der Waals surface area contributed by atoms with Crippen LogP contribution in [0.2, 0.25) is 0 Å². The van der Waals surface area contributed by atoms with Crippen molar-refractivity contribution < 1.29 is 26.4 Å². The van der Waals surface area contributed by atoms with Gasteiger partial charge in [-0.1, -0.05) is 12.1 Å². The number of ether oxygens (including phenoxy) is 1. The SMILES string of the molecule is COc1ccccc1NC(=O)Cn1cc(S(=O)(=O)N2CCCC2)c(S(=O)(=O)N2CCCC2)c1. The van der Waals surface area contributed by atoms with E-state index in [4.69, 9.17) is 4.74 Å². The molecule has 1 amide bonds. The third kappa shape index (κ3) is 4.79. The number of carbonyl (C=O) groups is 1. The van der Waals surface area contributed by atoms with E-state index in [1.165, 1.54) is 32.7 Å². The number of rotatable bonds is 8. The van der Waals surface area contributed by atoms with Gasteiger partial charge in [-0.25, -0.2) is 16.8 Å². The highest BCUT2D eigenvalue weighted by Gasteiger charge is 2.38. The summed E-state index contributed by atoms with van der Waals surface area (Å²) in [4.78, 5) is 12.1. The number of sulfonamides is 2. The van der Waals surface area contributed by atoms with Crippen molar-refractivity contribution in [2.45, 2.75) is 42.0 Å². The fourth-order valence-electron chi connectivity index (χ4n) is 4.18. The third-order valence-corrected chi connectivity index (χ3v) is 9.86. The second kappa shape index (κ2) is 9.45. The predicted octanol–water partition coefficient (Wildman–Crippen LogP) is 1.70. The van der Waals surface area contributed by atoms with E-state index in [0.29, 0.717) is 37.6 Å². The van der Waals surface area contributed by atoms with Crippen LogP contribution in [0.5, 0.6) is 5.75 Å². The molecule has 0 unspecified atom stereocenters. The molecule has 33 heavy (non-hydrogen) atoms.